The molecule has 0 saturated heterocycles. The Hall–Kier alpha value is -1.32. The monoisotopic (exact) mass is 172 g/mol. The molecule has 0 bridgehead atoms. The lowest BCUT2D eigenvalue weighted by Gasteiger charge is -1.95. The van der Waals surface area contributed by atoms with E-state index in [0.29, 0.717) is 6.61 Å². The van der Waals surface area contributed by atoms with Crippen LogP contribution in [0.25, 0.3) is 0 Å². The molecule has 0 atom stereocenters. The van der Waals surface area contributed by atoms with Crippen LogP contribution in [0.1, 0.15) is 13.8 Å². The first kappa shape index (κ1) is 10.7. The van der Waals surface area contributed by atoms with Crippen LogP contribution in [0.15, 0.2) is 12.2 Å². The van der Waals surface area contributed by atoms with E-state index in [9.17, 15) is 9.59 Å². The molecular weight excluding hydrogens is 160 g/mol. The summed E-state index contributed by atoms with van der Waals surface area (Å²) in [5, 5.41) is 0. The highest BCUT2D eigenvalue weighted by atomic mass is 16.5. The highest BCUT2D eigenvalue weighted by Crippen LogP contribution is 1.83. The summed E-state index contributed by atoms with van der Waals surface area (Å²) in [5.41, 5.74) is 0. The summed E-state index contributed by atoms with van der Waals surface area (Å²) in [7, 11) is 0. The SMILES string of the molecule is CCOC(=O)/C=C/COC(C)=O. The second-order valence-corrected chi connectivity index (χ2v) is 1.96. The van der Waals surface area contributed by atoms with Crippen LogP contribution in [0.3, 0.4) is 0 Å². The summed E-state index contributed by atoms with van der Waals surface area (Å²) in [6.45, 7) is 3.47. The quantitative estimate of drug-likeness (QED) is 0.462. The molecule has 12 heavy (non-hydrogen) atoms. The number of hydrogen-bond acceptors (Lipinski definition) is 4. The van der Waals surface area contributed by atoms with Crippen LogP contribution in [0, 0.1) is 0 Å². The maximum atomic E-state index is 10.6. The van der Waals surface area contributed by atoms with Crippen LogP contribution < -0.4 is 0 Å². The van der Waals surface area contributed by atoms with Crippen LogP contribution in [0.4, 0.5) is 0 Å². The normalized spacial score (nSPS) is 9.83. The van der Waals surface area contributed by atoms with E-state index in [2.05, 4.69) is 9.47 Å². The van der Waals surface area contributed by atoms with Crippen molar-refractivity contribution in [3.05, 3.63) is 12.2 Å². The largest absolute Gasteiger partial charge is 0.463 e. The Labute approximate surface area is 71.2 Å². The lowest BCUT2D eigenvalue weighted by atomic mass is 10.5. The third kappa shape index (κ3) is 6.80. The smallest absolute Gasteiger partial charge is 0.330 e. The zero-order valence-electron chi connectivity index (χ0n) is 7.20. The molecule has 4 nitrogen and oxygen atoms in total. The van der Waals surface area contributed by atoms with Crippen molar-refractivity contribution in [1.82, 2.24) is 0 Å². The van der Waals surface area contributed by atoms with Crippen LogP contribution in [-0.4, -0.2) is 25.2 Å². The van der Waals surface area contributed by atoms with Gasteiger partial charge in [0.1, 0.15) is 6.61 Å². The molecule has 0 aliphatic carbocycles. The van der Waals surface area contributed by atoms with Crippen LogP contribution in [0.5, 0.6) is 0 Å². The average molecular weight is 172 g/mol. The number of ether oxygens (including phenoxy) is 2. The molecule has 0 saturated carbocycles. The van der Waals surface area contributed by atoms with Crippen molar-refractivity contribution in [3.8, 4) is 0 Å². The Bertz CT molecular complexity index is 183. The predicted octanol–water partition coefficient (Wildman–Crippen LogP) is 0.669. The van der Waals surface area contributed by atoms with Gasteiger partial charge in [0.2, 0.25) is 0 Å². The van der Waals surface area contributed by atoms with E-state index in [4.69, 9.17) is 0 Å². The van der Waals surface area contributed by atoms with Crippen LogP contribution in [0.2, 0.25) is 0 Å². The number of rotatable bonds is 4. The van der Waals surface area contributed by atoms with Crippen LogP contribution >= 0.6 is 0 Å². The number of carbonyl (C=O) groups is 2. The van der Waals surface area contributed by atoms with Crippen molar-refractivity contribution in [2.45, 2.75) is 13.8 Å². The van der Waals surface area contributed by atoms with Gasteiger partial charge in [-0.15, -0.1) is 0 Å². The highest BCUT2D eigenvalue weighted by molar-refractivity contribution is 5.81. The molecule has 0 aromatic heterocycles. The Kier molecular flexibility index (Phi) is 5.69. The zero-order valence-corrected chi connectivity index (χ0v) is 7.20. The number of esters is 2. The van der Waals surface area contributed by atoms with Crippen molar-refractivity contribution in [1.29, 1.82) is 0 Å². The third-order valence-electron chi connectivity index (χ3n) is 0.923. The van der Waals surface area contributed by atoms with Gasteiger partial charge < -0.3 is 9.47 Å². The molecule has 0 fully saturated rings. The fourth-order valence-electron chi connectivity index (χ4n) is 0.500. The summed E-state index contributed by atoms with van der Waals surface area (Å²) < 4.78 is 9.12. The summed E-state index contributed by atoms with van der Waals surface area (Å²) >= 11 is 0. The summed E-state index contributed by atoms with van der Waals surface area (Å²) in [4.78, 5) is 20.9. The lowest BCUT2D eigenvalue weighted by molar-refractivity contribution is -0.140. The van der Waals surface area contributed by atoms with Gasteiger partial charge in [-0.05, 0) is 13.0 Å². The van der Waals surface area contributed by atoms with Crippen molar-refractivity contribution < 1.29 is 19.1 Å². The second-order valence-electron chi connectivity index (χ2n) is 1.96. The first-order valence-corrected chi connectivity index (χ1v) is 3.63. The average Bonchev–Trinajstić information content (AvgIpc) is 1.98. The predicted molar refractivity (Wildman–Crippen MR) is 42.4 cm³/mol. The molecule has 0 aromatic rings. The molecular formula is C8H12O4. The highest BCUT2D eigenvalue weighted by Gasteiger charge is 1.92. The molecule has 0 radical (unpaired) electrons. The van der Waals surface area contributed by atoms with E-state index < -0.39 is 5.97 Å². The molecule has 0 aliphatic heterocycles. The Balaban J connectivity index is 3.48. The molecule has 68 valence electrons. The van der Waals surface area contributed by atoms with Gasteiger partial charge in [0.05, 0.1) is 6.61 Å². The van der Waals surface area contributed by atoms with Gasteiger partial charge in [-0.1, -0.05) is 0 Å². The zero-order chi connectivity index (χ0) is 9.40. The molecule has 0 rings (SSSR count). The maximum absolute atomic E-state index is 10.6. The number of carbonyl (C=O) groups excluding carboxylic acids is 2. The van der Waals surface area contributed by atoms with Gasteiger partial charge in [-0.2, -0.15) is 0 Å². The summed E-state index contributed by atoms with van der Waals surface area (Å²) in [6.07, 6.45) is 2.66. The number of hydrogen-bond donors (Lipinski definition) is 0. The molecule has 0 aliphatic rings. The van der Waals surface area contributed by atoms with E-state index in [1.165, 1.54) is 19.1 Å². The van der Waals surface area contributed by atoms with Crippen LogP contribution in [-0.2, 0) is 19.1 Å². The minimum atomic E-state index is -0.426. The lowest BCUT2D eigenvalue weighted by Crippen LogP contribution is -2.01. The standard InChI is InChI=1S/C8H12O4/c1-3-11-8(10)5-4-6-12-7(2)9/h4-5H,3,6H2,1-2H3/b5-4+. The molecule has 0 unspecified atom stereocenters. The third-order valence-corrected chi connectivity index (χ3v) is 0.923. The molecule has 4 heteroatoms. The fraction of sp³-hybridized carbons (Fsp3) is 0.500. The van der Waals surface area contributed by atoms with Gasteiger partial charge in [0.15, 0.2) is 0 Å². The molecule has 0 aromatic carbocycles. The fourth-order valence-corrected chi connectivity index (χ4v) is 0.500. The van der Waals surface area contributed by atoms with Gasteiger partial charge in [-0.3, -0.25) is 4.79 Å². The molecule has 0 spiro atoms. The summed E-state index contributed by atoms with van der Waals surface area (Å²) in [5.74, 6) is -0.798. The van der Waals surface area contributed by atoms with Gasteiger partial charge in [-0.25, -0.2) is 4.79 Å². The Morgan fingerprint density at radius 1 is 1.33 bits per heavy atom. The van der Waals surface area contributed by atoms with E-state index >= 15 is 0 Å². The maximum Gasteiger partial charge on any atom is 0.330 e. The molecule has 0 N–H and O–H groups in total. The topological polar surface area (TPSA) is 52.6 Å². The van der Waals surface area contributed by atoms with Gasteiger partial charge >= 0.3 is 11.9 Å². The minimum absolute atomic E-state index is 0.105. The van der Waals surface area contributed by atoms with E-state index in [1.807, 2.05) is 0 Å². The van der Waals surface area contributed by atoms with Crippen molar-refractivity contribution >= 4 is 11.9 Å². The van der Waals surface area contributed by atoms with Crippen molar-refractivity contribution in [3.63, 3.8) is 0 Å². The van der Waals surface area contributed by atoms with E-state index in [-0.39, 0.29) is 12.6 Å². The minimum Gasteiger partial charge on any atom is -0.463 e. The van der Waals surface area contributed by atoms with Crippen molar-refractivity contribution in [2.75, 3.05) is 13.2 Å². The molecule has 0 amide bonds. The van der Waals surface area contributed by atoms with Gasteiger partial charge in [0, 0.05) is 13.0 Å². The Morgan fingerprint density at radius 3 is 2.50 bits per heavy atom. The first-order chi connectivity index (χ1) is 5.66. The summed E-state index contributed by atoms with van der Waals surface area (Å²) in [6, 6.07) is 0. The molecule has 0 heterocycles. The Morgan fingerprint density at radius 2 is 2.00 bits per heavy atom. The van der Waals surface area contributed by atoms with Crippen molar-refractivity contribution in [2.24, 2.45) is 0 Å². The van der Waals surface area contributed by atoms with Gasteiger partial charge in [0.25, 0.3) is 0 Å². The first-order valence-electron chi connectivity index (χ1n) is 3.63. The second kappa shape index (κ2) is 6.39. The van der Waals surface area contributed by atoms with E-state index in [0.717, 1.165) is 0 Å². The van der Waals surface area contributed by atoms with E-state index in [1.54, 1.807) is 6.92 Å².